The van der Waals surface area contributed by atoms with E-state index >= 15 is 0 Å². The van der Waals surface area contributed by atoms with E-state index in [1.54, 1.807) is 24.3 Å². The number of aliphatic hydroxyl groups excluding tert-OH is 1. The van der Waals surface area contributed by atoms with E-state index in [-0.39, 0.29) is 13.0 Å². The fourth-order valence-corrected chi connectivity index (χ4v) is 2.04. The number of carbonyl (C=O) groups excluding carboxylic acids is 1. The summed E-state index contributed by atoms with van der Waals surface area (Å²) in [6, 6.07) is 10.1. The number of halogens is 2. The van der Waals surface area contributed by atoms with Gasteiger partial charge in [-0.2, -0.15) is 0 Å². The van der Waals surface area contributed by atoms with Crippen LogP contribution in [0.5, 0.6) is 5.75 Å². The number of hydrogen-bond acceptors (Lipinski definition) is 3. The number of hydrogen-bond donors (Lipinski definition) is 3. The number of aromatic hydroxyl groups is 1. The minimum atomic E-state index is -1.14. The van der Waals surface area contributed by atoms with Gasteiger partial charge in [-0.1, -0.05) is 30.3 Å². The predicted molar refractivity (Wildman–Crippen MR) is 76.4 cm³/mol. The number of phenolic OH excluding ortho intramolecular Hbond substituents is 1. The van der Waals surface area contributed by atoms with E-state index < -0.39 is 35.0 Å². The quantitative estimate of drug-likeness (QED) is 0.795. The fourth-order valence-electron chi connectivity index (χ4n) is 2.04. The lowest BCUT2D eigenvalue weighted by atomic mass is 10.1. The number of amides is 1. The van der Waals surface area contributed by atoms with Gasteiger partial charge in [0, 0.05) is 18.7 Å². The van der Waals surface area contributed by atoms with Gasteiger partial charge in [-0.15, -0.1) is 0 Å². The second kappa shape index (κ2) is 7.00. The normalized spacial score (nSPS) is 12.0. The van der Waals surface area contributed by atoms with Gasteiger partial charge in [0.2, 0.25) is 0 Å². The zero-order valence-electron chi connectivity index (χ0n) is 11.6. The summed E-state index contributed by atoms with van der Waals surface area (Å²) in [6.45, 7) is 0.0746. The molecule has 0 bridgehead atoms. The van der Waals surface area contributed by atoms with Crippen molar-refractivity contribution in [1.29, 1.82) is 0 Å². The molecule has 6 heteroatoms. The molecule has 0 aliphatic rings. The molecule has 1 unspecified atom stereocenters. The van der Waals surface area contributed by atoms with E-state index in [4.69, 9.17) is 0 Å². The fraction of sp³-hybridized carbons (Fsp3) is 0.188. The molecule has 1 atom stereocenters. The van der Waals surface area contributed by atoms with Crippen molar-refractivity contribution in [3.8, 4) is 5.75 Å². The van der Waals surface area contributed by atoms with Gasteiger partial charge in [0.1, 0.15) is 22.9 Å². The first-order valence-electron chi connectivity index (χ1n) is 6.68. The van der Waals surface area contributed by atoms with Gasteiger partial charge in [0.25, 0.3) is 5.91 Å². The van der Waals surface area contributed by atoms with Crippen molar-refractivity contribution >= 4 is 5.91 Å². The SMILES string of the molecule is O=C(NCCC(O)c1ccccc1)c1c(O)cc(F)cc1F. The van der Waals surface area contributed by atoms with E-state index in [9.17, 15) is 23.8 Å². The molecule has 2 aromatic carbocycles. The topological polar surface area (TPSA) is 69.6 Å². The molecule has 22 heavy (non-hydrogen) atoms. The van der Waals surface area contributed by atoms with Crippen molar-refractivity contribution in [2.75, 3.05) is 6.54 Å². The lowest BCUT2D eigenvalue weighted by molar-refractivity contribution is 0.0935. The van der Waals surface area contributed by atoms with Crippen LogP contribution in [0.3, 0.4) is 0 Å². The van der Waals surface area contributed by atoms with Crippen molar-refractivity contribution in [2.24, 2.45) is 0 Å². The van der Waals surface area contributed by atoms with Crippen LogP contribution >= 0.6 is 0 Å². The highest BCUT2D eigenvalue weighted by atomic mass is 19.1. The van der Waals surface area contributed by atoms with Crippen LogP contribution in [0.2, 0.25) is 0 Å². The molecule has 1 amide bonds. The zero-order chi connectivity index (χ0) is 16.1. The van der Waals surface area contributed by atoms with Crippen LogP contribution in [0.4, 0.5) is 8.78 Å². The Morgan fingerprint density at radius 2 is 1.86 bits per heavy atom. The molecule has 0 saturated heterocycles. The van der Waals surface area contributed by atoms with E-state index in [1.807, 2.05) is 6.07 Å². The smallest absolute Gasteiger partial charge is 0.258 e. The van der Waals surface area contributed by atoms with Crippen LogP contribution in [0.1, 0.15) is 28.4 Å². The number of carbonyl (C=O) groups is 1. The molecule has 4 nitrogen and oxygen atoms in total. The zero-order valence-corrected chi connectivity index (χ0v) is 11.6. The van der Waals surface area contributed by atoms with Crippen molar-refractivity contribution in [1.82, 2.24) is 5.32 Å². The third-order valence-electron chi connectivity index (χ3n) is 3.15. The second-order valence-electron chi connectivity index (χ2n) is 4.75. The molecular weight excluding hydrogens is 292 g/mol. The van der Waals surface area contributed by atoms with Gasteiger partial charge in [0.05, 0.1) is 6.10 Å². The number of phenols is 1. The molecule has 0 aromatic heterocycles. The largest absolute Gasteiger partial charge is 0.507 e. The average molecular weight is 307 g/mol. The van der Waals surface area contributed by atoms with Crippen LogP contribution in [-0.2, 0) is 0 Å². The molecule has 0 aliphatic heterocycles. The van der Waals surface area contributed by atoms with Crippen molar-refractivity contribution in [2.45, 2.75) is 12.5 Å². The van der Waals surface area contributed by atoms with Crippen LogP contribution in [0.25, 0.3) is 0 Å². The van der Waals surface area contributed by atoms with Crippen molar-refractivity contribution < 1.29 is 23.8 Å². The van der Waals surface area contributed by atoms with Crippen LogP contribution in [-0.4, -0.2) is 22.7 Å². The third-order valence-corrected chi connectivity index (χ3v) is 3.15. The van der Waals surface area contributed by atoms with Gasteiger partial charge >= 0.3 is 0 Å². The van der Waals surface area contributed by atoms with Gasteiger partial charge in [0.15, 0.2) is 0 Å². The molecule has 116 valence electrons. The monoisotopic (exact) mass is 307 g/mol. The molecule has 0 saturated carbocycles. The number of nitrogens with one attached hydrogen (secondary N) is 1. The second-order valence-corrected chi connectivity index (χ2v) is 4.75. The summed E-state index contributed by atoms with van der Waals surface area (Å²) < 4.78 is 26.4. The van der Waals surface area contributed by atoms with Gasteiger partial charge < -0.3 is 15.5 Å². The van der Waals surface area contributed by atoms with E-state index in [0.717, 1.165) is 0 Å². The summed E-state index contributed by atoms with van der Waals surface area (Å²) in [7, 11) is 0. The maximum absolute atomic E-state index is 13.5. The average Bonchev–Trinajstić information content (AvgIpc) is 2.47. The Bertz CT molecular complexity index is 639. The molecule has 0 fully saturated rings. The highest BCUT2D eigenvalue weighted by Crippen LogP contribution is 2.22. The summed E-state index contributed by atoms with van der Waals surface area (Å²) in [5.74, 6) is -3.74. The summed E-state index contributed by atoms with van der Waals surface area (Å²) in [4.78, 5) is 11.8. The van der Waals surface area contributed by atoms with E-state index in [2.05, 4.69) is 5.32 Å². The molecule has 2 rings (SSSR count). The summed E-state index contributed by atoms with van der Waals surface area (Å²) in [5, 5.41) is 21.7. The molecule has 0 aliphatic carbocycles. The van der Waals surface area contributed by atoms with Crippen LogP contribution in [0, 0.1) is 11.6 Å². The van der Waals surface area contributed by atoms with E-state index in [1.165, 1.54) is 0 Å². The first kappa shape index (κ1) is 15.9. The summed E-state index contributed by atoms with van der Waals surface area (Å²) >= 11 is 0. The van der Waals surface area contributed by atoms with Crippen molar-refractivity contribution in [3.63, 3.8) is 0 Å². The van der Waals surface area contributed by atoms with Gasteiger partial charge in [-0.25, -0.2) is 8.78 Å². The third kappa shape index (κ3) is 3.79. The van der Waals surface area contributed by atoms with Crippen LogP contribution in [0.15, 0.2) is 42.5 Å². The first-order chi connectivity index (χ1) is 10.5. The lowest BCUT2D eigenvalue weighted by Gasteiger charge is -2.12. The van der Waals surface area contributed by atoms with E-state index in [0.29, 0.717) is 17.7 Å². The van der Waals surface area contributed by atoms with Gasteiger partial charge in [-0.3, -0.25) is 4.79 Å². The molecule has 2 aromatic rings. The number of aliphatic hydroxyl groups is 1. The maximum Gasteiger partial charge on any atom is 0.258 e. The molecule has 3 N–H and O–H groups in total. The lowest BCUT2D eigenvalue weighted by Crippen LogP contribution is -2.26. The van der Waals surface area contributed by atoms with Crippen LogP contribution < -0.4 is 5.32 Å². The number of benzene rings is 2. The number of rotatable bonds is 5. The standard InChI is InChI=1S/C16H15F2NO3/c17-11-8-12(18)15(14(21)9-11)16(22)19-7-6-13(20)10-4-2-1-3-5-10/h1-5,8-9,13,20-21H,6-7H2,(H,19,22). The minimum absolute atomic E-state index is 0.0746. The highest BCUT2D eigenvalue weighted by molar-refractivity contribution is 5.97. The first-order valence-corrected chi connectivity index (χ1v) is 6.68. The Labute approximate surface area is 126 Å². The molecule has 0 spiro atoms. The molecular formula is C16H15F2NO3. The Kier molecular flexibility index (Phi) is 5.06. The maximum atomic E-state index is 13.5. The summed E-state index contributed by atoms with van der Waals surface area (Å²) in [5.41, 5.74) is 0.0863. The Hall–Kier alpha value is -2.47. The van der Waals surface area contributed by atoms with Crippen molar-refractivity contribution in [3.05, 3.63) is 65.2 Å². The van der Waals surface area contributed by atoms with Gasteiger partial charge in [-0.05, 0) is 12.0 Å². The molecule has 0 heterocycles. The predicted octanol–water partition coefficient (Wildman–Crippen LogP) is 2.52. The minimum Gasteiger partial charge on any atom is -0.507 e. The Morgan fingerprint density at radius 3 is 2.50 bits per heavy atom. The molecule has 0 radical (unpaired) electrons. The Morgan fingerprint density at radius 1 is 1.18 bits per heavy atom. The summed E-state index contributed by atoms with van der Waals surface area (Å²) in [6.07, 6.45) is -0.549. The highest BCUT2D eigenvalue weighted by Gasteiger charge is 2.18. The Balaban J connectivity index is 1.94.